The van der Waals surface area contributed by atoms with Gasteiger partial charge in [-0.2, -0.15) is 0 Å². The van der Waals surface area contributed by atoms with Gasteiger partial charge in [-0.05, 0) is 57.6 Å². The molecule has 3 fully saturated rings. The Balaban J connectivity index is 1.52. The molecule has 2 aromatic rings. The van der Waals surface area contributed by atoms with Crippen molar-refractivity contribution < 1.29 is 0 Å². The Labute approximate surface area is 178 Å². The van der Waals surface area contributed by atoms with E-state index in [0.717, 1.165) is 23.9 Å². The summed E-state index contributed by atoms with van der Waals surface area (Å²) in [5, 5.41) is 0. The first kappa shape index (κ1) is 20.0. The summed E-state index contributed by atoms with van der Waals surface area (Å²) < 4.78 is 1.83. The molecule has 1 aliphatic carbocycles. The number of rotatable bonds is 2. The van der Waals surface area contributed by atoms with Crippen LogP contribution in [0.15, 0.2) is 33.9 Å². The summed E-state index contributed by atoms with van der Waals surface area (Å²) in [5.41, 5.74) is 0.873. The van der Waals surface area contributed by atoms with Gasteiger partial charge < -0.3 is 4.98 Å². The standard InChI is InChI=1S/C25H35N3O2/c1-25-15-9-12-19(28(25)18-10-5-3-2-4-6-11-18)16-20(17-25)27-22-14-8-7-13-21(22)26-23(29)24(27)30/h7-8,13-14,18-20H,2-6,9-12,15-17H2,1H3,(H,26,29)/t19-,20+,25+/m0/s1. The second kappa shape index (κ2) is 7.99. The second-order valence-electron chi connectivity index (χ2n) is 10.2. The van der Waals surface area contributed by atoms with E-state index in [1.54, 1.807) is 0 Å². The third kappa shape index (κ3) is 3.45. The second-order valence-corrected chi connectivity index (χ2v) is 10.2. The highest BCUT2D eigenvalue weighted by Crippen LogP contribution is 2.48. The Kier molecular flexibility index (Phi) is 5.34. The monoisotopic (exact) mass is 409 g/mol. The van der Waals surface area contributed by atoms with Gasteiger partial charge in [-0.15, -0.1) is 0 Å². The molecule has 5 rings (SSSR count). The van der Waals surface area contributed by atoms with Gasteiger partial charge in [0, 0.05) is 23.7 Å². The summed E-state index contributed by atoms with van der Waals surface area (Å²) >= 11 is 0. The highest BCUT2D eigenvalue weighted by Gasteiger charge is 2.49. The topological polar surface area (TPSA) is 58.1 Å². The maximum atomic E-state index is 13.0. The molecule has 2 bridgehead atoms. The molecule has 3 heterocycles. The summed E-state index contributed by atoms with van der Waals surface area (Å²) in [6.45, 7) is 2.44. The number of nitrogens with zero attached hydrogens (tertiary/aromatic N) is 2. The zero-order valence-electron chi connectivity index (χ0n) is 18.2. The fourth-order valence-corrected chi connectivity index (χ4v) is 6.97. The van der Waals surface area contributed by atoms with Crippen LogP contribution in [0.3, 0.4) is 0 Å². The molecule has 0 unspecified atom stereocenters. The fourth-order valence-electron chi connectivity index (χ4n) is 6.97. The number of benzene rings is 1. The summed E-state index contributed by atoms with van der Waals surface area (Å²) in [7, 11) is 0. The Hall–Kier alpha value is -1.88. The fraction of sp³-hybridized carbons (Fsp3) is 0.680. The lowest BCUT2D eigenvalue weighted by molar-refractivity contribution is -0.0821. The van der Waals surface area contributed by atoms with Gasteiger partial charge >= 0.3 is 11.1 Å². The molecule has 162 valence electrons. The van der Waals surface area contributed by atoms with E-state index >= 15 is 0 Å². The first-order chi connectivity index (χ1) is 14.6. The molecule has 0 radical (unpaired) electrons. The predicted molar refractivity (Wildman–Crippen MR) is 121 cm³/mol. The number of hydrogen-bond acceptors (Lipinski definition) is 3. The average Bonchev–Trinajstić information content (AvgIpc) is 2.68. The van der Waals surface area contributed by atoms with Crippen molar-refractivity contribution in [2.75, 3.05) is 0 Å². The van der Waals surface area contributed by atoms with Gasteiger partial charge in [-0.3, -0.25) is 19.1 Å². The van der Waals surface area contributed by atoms with Crippen LogP contribution in [0, 0.1) is 0 Å². The number of para-hydroxylation sites is 2. The number of piperidine rings is 2. The molecule has 2 saturated heterocycles. The van der Waals surface area contributed by atoms with Crippen LogP contribution >= 0.6 is 0 Å². The molecule has 30 heavy (non-hydrogen) atoms. The van der Waals surface area contributed by atoms with Gasteiger partial charge in [-0.25, -0.2) is 0 Å². The molecule has 3 aliphatic rings. The quantitative estimate of drug-likeness (QED) is 0.728. The van der Waals surface area contributed by atoms with Crippen LogP contribution in [0.2, 0.25) is 0 Å². The lowest BCUT2D eigenvalue weighted by atomic mass is 9.71. The van der Waals surface area contributed by atoms with Crippen molar-refractivity contribution in [3.8, 4) is 0 Å². The maximum absolute atomic E-state index is 13.0. The lowest BCUT2D eigenvalue weighted by Gasteiger charge is -2.59. The molecule has 1 saturated carbocycles. The van der Waals surface area contributed by atoms with E-state index < -0.39 is 5.56 Å². The van der Waals surface area contributed by atoms with Crippen molar-refractivity contribution in [3.05, 3.63) is 45.0 Å². The molecule has 5 heteroatoms. The molecule has 0 amide bonds. The van der Waals surface area contributed by atoms with Gasteiger partial charge in [0.1, 0.15) is 0 Å². The predicted octanol–water partition coefficient (Wildman–Crippen LogP) is 4.75. The average molecular weight is 410 g/mol. The SMILES string of the molecule is C[C@@]12CCC[C@@H](C[C@@H](n3c(=O)c(=O)[nH]c4ccccc43)C1)N2C1CCCCCCC1. The summed E-state index contributed by atoms with van der Waals surface area (Å²) in [6.07, 6.45) is 15.2. The molecule has 2 aliphatic heterocycles. The Bertz CT molecular complexity index is 1020. The van der Waals surface area contributed by atoms with Crippen LogP contribution in [-0.2, 0) is 0 Å². The summed E-state index contributed by atoms with van der Waals surface area (Å²) in [5.74, 6) is 0. The van der Waals surface area contributed by atoms with Gasteiger partial charge in [0.2, 0.25) is 0 Å². The van der Waals surface area contributed by atoms with E-state index in [2.05, 4.69) is 16.8 Å². The van der Waals surface area contributed by atoms with Crippen molar-refractivity contribution in [1.29, 1.82) is 0 Å². The van der Waals surface area contributed by atoms with Crippen LogP contribution in [0.4, 0.5) is 0 Å². The molecule has 3 atom stereocenters. The van der Waals surface area contributed by atoms with E-state index in [-0.39, 0.29) is 17.1 Å². The number of aromatic nitrogens is 2. The Morgan fingerprint density at radius 1 is 0.900 bits per heavy atom. The van der Waals surface area contributed by atoms with Crippen LogP contribution in [0.1, 0.15) is 90.0 Å². The van der Waals surface area contributed by atoms with Gasteiger partial charge in [0.05, 0.1) is 11.0 Å². The number of fused-ring (bicyclic) bond motifs is 3. The molecule has 1 aromatic carbocycles. The van der Waals surface area contributed by atoms with Crippen molar-refractivity contribution in [3.63, 3.8) is 0 Å². The zero-order chi connectivity index (χ0) is 20.7. The smallest absolute Gasteiger partial charge is 0.316 e. The molecule has 0 spiro atoms. The van der Waals surface area contributed by atoms with E-state index in [1.807, 2.05) is 28.8 Å². The number of aromatic amines is 1. The largest absolute Gasteiger partial charge is 0.316 e. The molecular formula is C25H35N3O2. The summed E-state index contributed by atoms with van der Waals surface area (Å²) in [6, 6.07) is 9.07. The van der Waals surface area contributed by atoms with E-state index in [9.17, 15) is 9.59 Å². The minimum Gasteiger partial charge on any atom is -0.316 e. The van der Waals surface area contributed by atoms with Crippen molar-refractivity contribution in [2.24, 2.45) is 0 Å². The first-order valence-electron chi connectivity index (χ1n) is 12.1. The summed E-state index contributed by atoms with van der Waals surface area (Å²) in [4.78, 5) is 31.0. The van der Waals surface area contributed by atoms with E-state index in [4.69, 9.17) is 0 Å². The minimum atomic E-state index is -0.494. The van der Waals surface area contributed by atoms with E-state index in [1.165, 1.54) is 64.2 Å². The first-order valence-corrected chi connectivity index (χ1v) is 12.1. The molecular weight excluding hydrogens is 374 g/mol. The maximum Gasteiger partial charge on any atom is 0.316 e. The number of hydrogen-bond donors (Lipinski definition) is 1. The van der Waals surface area contributed by atoms with Crippen molar-refractivity contribution in [2.45, 2.75) is 108 Å². The van der Waals surface area contributed by atoms with Crippen LogP contribution < -0.4 is 11.1 Å². The van der Waals surface area contributed by atoms with Crippen LogP contribution in [-0.4, -0.2) is 32.1 Å². The van der Waals surface area contributed by atoms with Gasteiger partial charge in [0.15, 0.2) is 0 Å². The van der Waals surface area contributed by atoms with E-state index in [0.29, 0.717) is 12.1 Å². The van der Waals surface area contributed by atoms with Gasteiger partial charge in [0.25, 0.3) is 0 Å². The van der Waals surface area contributed by atoms with Crippen LogP contribution in [0.25, 0.3) is 11.0 Å². The Morgan fingerprint density at radius 2 is 1.60 bits per heavy atom. The zero-order valence-corrected chi connectivity index (χ0v) is 18.2. The van der Waals surface area contributed by atoms with Crippen LogP contribution in [0.5, 0.6) is 0 Å². The third-order valence-electron chi connectivity index (χ3n) is 8.15. The highest BCUT2D eigenvalue weighted by molar-refractivity contribution is 5.74. The number of nitrogens with one attached hydrogen (secondary N) is 1. The highest BCUT2D eigenvalue weighted by atomic mass is 16.2. The molecule has 5 nitrogen and oxygen atoms in total. The lowest BCUT2D eigenvalue weighted by Crippen LogP contribution is -2.63. The number of H-pyrrole nitrogens is 1. The van der Waals surface area contributed by atoms with Gasteiger partial charge in [-0.1, -0.05) is 50.7 Å². The van der Waals surface area contributed by atoms with Crippen molar-refractivity contribution in [1.82, 2.24) is 14.5 Å². The minimum absolute atomic E-state index is 0.102. The third-order valence-corrected chi connectivity index (χ3v) is 8.15. The Morgan fingerprint density at radius 3 is 2.37 bits per heavy atom. The van der Waals surface area contributed by atoms with Crippen molar-refractivity contribution >= 4 is 11.0 Å². The molecule has 1 N–H and O–H groups in total. The molecule has 1 aromatic heterocycles. The normalized spacial score (nSPS) is 31.4.